The molecule has 1 saturated heterocycles. The van der Waals surface area contributed by atoms with Gasteiger partial charge >= 0.3 is 12.1 Å². The lowest BCUT2D eigenvalue weighted by atomic mass is 9.83. The molecule has 3 aliphatic rings. The van der Waals surface area contributed by atoms with Crippen LogP contribution in [-0.4, -0.2) is 87.2 Å². The number of amides is 4. The molecule has 0 aromatic carbocycles. The van der Waals surface area contributed by atoms with Gasteiger partial charge in [-0.2, -0.15) is 0 Å². The van der Waals surface area contributed by atoms with Crippen molar-refractivity contribution in [1.82, 2.24) is 20.9 Å². The summed E-state index contributed by atoms with van der Waals surface area (Å²) in [6, 6.07) is -3.32. The van der Waals surface area contributed by atoms with E-state index in [1.165, 1.54) is 4.90 Å². The number of carbonyl (C=O) groups excluding carboxylic acids is 6. The fourth-order valence-electron chi connectivity index (χ4n) is 6.32. The van der Waals surface area contributed by atoms with Crippen molar-refractivity contribution in [2.45, 2.75) is 127 Å². The molecule has 0 aromatic rings. The number of ketones is 1. The van der Waals surface area contributed by atoms with Crippen molar-refractivity contribution in [3.63, 3.8) is 0 Å². The maximum Gasteiger partial charge on any atom is 0.408 e. The Morgan fingerprint density at radius 1 is 0.957 bits per heavy atom. The molecule has 4 amide bonds. The highest BCUT2D eigenvalue weighted by atomic mass is 35.5. The molecule has 3 fully saturated rings. The Bertz CT molecular complexity index is 1220. The number of halogens is 2. The zero-order valence-electron chi connectivity index (χ0n) is 28.3. The highest BCUT2D eigenvalue weighted by molar-refractivity contribution is 6.51. The lowest BCUT2D eigenvalue weighted by molar-refractivity contribution is -0.154. The third kappa shape index (κ3) is 10.6. The number of fused-ring (bicyclic) bond motifs is 1. The molecule has 5 atom stereocenters. The molecule has 12 nitrogen and oxygen atoms in total. The van der Waals surface area contributed by atoms with Crippen molar-refractivity contribution in [3.05, 3.63) is 12.7 Å². The van der Waals surface area contributed by atoms with E-state index in [0.29, 0.717) is 6.42 Å². The smallest absolute Gasteiger partial charge is 0.408 e. The summed E-state index contributed by atoms with van der Waals surface area (Å²) in [5.74, 6) is -4.72. The minimum atomic E-state index is -1.25. The van der Waals surface area contributed by atoms with Gasteiger partial charge in [-0.15, -0.1) is 29.8 Å². The molecule has 2 aliphatic carbocycles. The standard InChI is InChI=1S/C33H50Cl2N4O8/c1-8-9-15-21(26(41)28(43)36-17-16-22(40)46-31(2,3)4)37-27(42)25-23-20(33(23,34)35)18-39(25)29(44)24(19-13-11-10-12-14-19)38-30(45)47-32(5,6)7/h8,19-21,23-25H,1,9-18H2,2-7H3,(H,36,43)(H,37,42)(H,38,45)/t20-,21?,23-,24-,25-/m0/s1. The highest BCUT2D eigenvalue weighted by Crippen LogP contribution is 2.65. The molecule has 1 unspecified atom stereocenters. The molecule has 0 radical (unpaired) electrons. The van der Waals surface area contributed by atoms with E-state index in [-0.39, 0.29) is 31.8 Å². The number of rotatable bonds is 13. The third-order valence-corrected chi connectivity index (χ3v) is 9.56. The molecular weight excluding hydrogens is 651 g/mol. The molecule has 47 heavy (non-hydrogen) atoms. The Morgan fingerprint density at radius 3 is 2.15 bits per heavy atom. The van der Waals surface area contributed by atoms with E-state index in [1.807, 2.05) is 0 Å². The Kier molecular flexibility index (Phi) is 12.8. The van der Waals surface area contributed by atoms with E-state index < -0.39 is 81.1 Å². The predicted octanol–water partition coefficient (Wildman–Crippen LogP) is 3.96. The van der Waals surface area contributed by atoms with Crippen LogP contribution >= 0.6 is 23.2 Å². The topological polar surface area (TPSA) is 160 Å². The van der Waals surface area contributed by atoms with E-state index >= 15 is 0 Å². The molecule has 1 aliphatic heterocycles. The number of piperidine rings is 1. The summed E-state index contributed by atoms with van der Waals surface area (Å²) in [7, 11) is 0. The second kappa shape index (κ2) is 15.6. The fraction of sp³-hybridized carbons (Fsp3) is 0.758. The first-order chi connectivity index (χ1) is 21.8. The van der Waals surface area contributed by atoms with Gasteiger partial charge in [0.15, 0.2) is 0 Å². The van der Waals surface area contributed by atoms with Gasteiger partial charge in [0, 0.05) is 24.9 Å². The number of nitrogens with zero attached hydrogens (tertiary/aromatic N) is 1. The van der Waals surface area contributed by atoms with Crippen LogP contribution in [0.15, 0.2) is 12.7 Å². The van der Waals surface area contributed by atoms with Crippen molar-refractivity contribution in [2.75, 3.05) is 13.1 Å². The van der Waals surface area contributed by atoms with Gasteiger partial charge in [0.05, 0.1) is 12.5 Å². The Hall–Kier alpha value is -2.86. The number of hydrogen-bond donors (Lipinski definition) is 3. The zero-order chi connectivity index (χ0) is 35.3. The Balaban J connectivity index is 1.77. The number of ether oxygens (including phenoxy) is 2. The summed E-state index contributed by atoms with van der Waals surface area (Å²) in [5.41, 5.74) is -1.48. The third-order valence-electron chi connectivity index (χ3n) is 8.49. The summed E-state index contributed by atoms with van der Waals surface area (Å²) < 4.78 is 9.43. The van der Waals surface area contributed by atoms with Gasteiger partial charge in [-0.05, 0) is 73.1 Å². The number of carbonyl (C=O) groups is 6. The van der Waals surface area contributed by atoms with Crippen LogP contribution in [0.1, 0.15) is 92.9 Å². The Morgan fingerprint density at radius 2 is 1.57 bits per heavy atom. The number of esters is 1. The highest BCUT2D eigenvalue weighted by Gasteiger charge is 2.74. The number of alkyl carbamates (subject to hydrolysis) is 1. The quantitative estimate of drug-likeness (QED) is 0.113. The van der Waals surface area contributed by atoms with E-state index in [0.717, 1.165) is 32.1 Å². The first kappa shape index (κ1) is 38.6. The minimum absolute atomic E-state index is 0.0696. The van der Waals surface area contributed by atoms with Crippen molar-refractivity contribution < 1.29 is 38.2 Å². The van der Waals surface area contributed by atoms with Crippen LogP contribution in [0.4, 0.5) is 4.79 Å². The number of allylic oxidation sites excluding steroid dienone is 1. The second-order valence-electron chi connectivity index (χ2n) is 14.6. The zero-order valence-corrected chi connectivity index (χ0v) is 29.8. The maximum atomic E-state index is 14.2. The van der Waals surface area contributed by atoms with Crippen LogP contribution in [0, 0.1) is 17.8 Å². The van der Waals surface area contributed by atoms with Gasteiger partial charge in [-0.25, -0.2) is 4.79 Å². The van der Waals surface area contributed by atoms with Gasteiger partial charge in [0.2, 0.25) is 17.6 Å². The van der Waals surface area contributed by atoms with Crippen molar-refractivity contribution in [1.29, 1.82) is 0 Å². The molecule has 0 aromatic heterocycles. The number of alkyl halides is 2. The monoisotopic (exact) mass is 700 g/mol. The molecule has 2 saturated carbocycles. The lowest BCUT2D eigenvalue weighted by Gasteiger charge is -2.36. The summed E-state index contributed by atoms with van der Waals surface area (Å²) in [6.07, 6.45) is 5.32. The number of nitrogens with one attached hydrogen (secondary N) is 3. The van der Waals surface area contributed by atoms with Crippen LogP contribution in [-0.2, 0) is 33.4 Å². The van der Waals surface area contributed by atoms with Crippen LogP contribution in [0.3, 0.4) is 0 Å². The summed E-state index contributed by atoms with van der Waals surface area (Å²) >= 11 is 13.1. The number of likely N-dealkylation sites (tertiary alicyclic amines) is 1. The van der Waals surface area contributed by atoms with E-state index in [9.17, 15) is 28.8 Å². The van der Waals surface area contributed by atoms with Crippen molar-refractivity contribution in [2.24, 2.45) is 17.8 Å². The van der Waals surface area contributed by atoms with E-state index in [2.05, 4.69) is 22.5 Å². The van der Waals surface area contributed by atoms with Gasteiger partial charge in [-0.3, -0.25) is 24.0 Å². The molecule has 1 heterocycles. The van der Waals surface area contributed by atoms with Crippen molar-refractivity contribution in [3.8, 4) is 0 Å². The van der Waals surface area contributed by atoms with Gasteiger partial charge in [0.1, 0.15) is 27.6 Å². The average Bonchev–Trinajstić information content (AvgIpc) is 3.26. The minimum Gasteiger partial charge on any atom is -0.460 e. The maximum absolute atomic E-state index is 14.2. The molecule has 3 N–H and O–H groups in total. The number of Topliss-reactive ketones (excluding diaryl/α,β-unsaturated/α-hetero) is 1. The van der Waals surface area contributed by atoms with Crippen LogP contribution < -0.4 is 16.0 Å². The summed E-state index contributed by atoms with van der Waals surface area (Å²) in [5, 5.41) is 7.85. The normalized spacial score (nSPS) is 23.4. The van der Waals surface area contributed by atoms with Gasteiger partial charge < -0.3 is 30.3 Å². The van der Waals surface area contributed by atoms with Crippen LogP contribution in [0.25, 0.3) is 0 Å². The molecule has 0 spiro atoms. The van der Waals surface area contributed by atoms with E-state index in [1.54, 1.807) is 47.6 Å². The largest absolute Gasteiger partial charge is 0.460 e. The molecule has 0 bridgehead atoms. The van der Waals surface area contributed by atoms with Crippen molar-refractivity contribution >= 4 is 58.8 Å². The average molecular weight is 702 g/mol. The second-order valence-corrected chi connectivity index (χ2v) is 16.1. The molecule has 3 rings (SSSR count). The molecule has 14 heteroatoms. The lowest BCUT2D eigenvalue weighted by Crippen LogP contribution is -2.60. The Labute approximate surface area is 287 Å². The summed E-state index contributed by atoms with van der Waals surface area (Å²) in [4.78, 5) is 80.4. The van der Waals surface area contributed by atoms with Gasteiger partial charge in [0.25, 0.3) is 5.91 Å². The SMILES string of the molecule is C=CCCC(NC(=O)[C@@H]1[C@@H]2[C@H](CN1C(=O)[C@@H](NC(=O)OC(C)(C)C)C1CCCCC1)C2(Cl)Cl)C(=O)C(=O)NCCC(=O)OC(C)(C)C. The van der Waals surface area contributed by atoms with E-state index in [4.69, 9.17) is 32.7 Å². The van der Waals surface area contributed by atoms with Crippen LogP contribution in [0.2, 0.25) is 0 Å². The molecular formula is C33H50Cl2N4O8. The van der Waals surface area contributed by atoms with Gasteiger partial charge in [-0.1, -0.05) is 25.3 Å². The fourth-order valence-corrected chi connectivity index (χ4v) is 7.15. The number of hydrogen-bond acceptors (Lipinski definition) is 8. The van der Waals surface area contributed by atoms with Crippen LogP contribution in [0.5, 0.6) is 0 Å². The summed E-state index contributed by atoms with van der Waals surface area (Å²) in [6.45, 7) is 13.9. The first-order valence-corrected chi connectivity index (χ1v) is 17.2. The first-order valence-electron chi connectivity index (χ1n) is 16.4. The predicted molar refractivity (Wildman–Crippen MR) is 176 cm³/mol. The molecule has 264 valence electrons.